The number of rotatable bonds is 9. The van der Waals surface area contributed by atoms with Gasteiger partial charge >= 0.3 is 0 Å². The van der Waals surface area contributed by atoms with Crippen molar-refractivity contribution in [2.45, 2.75) is 77.9 Å². The molecule has 0 saturated heterocycles. The van der Waals surface area contributed by atoms with Crippen molar-refractivity contribution in [1.29, 1.82) is 0 Å². The van der Waals surface area contributed by atoms with Gasteiger partial charge < -0.3 is 15.0 Å². The van der Waals surface area contributed by atoms with Crippen LogP contribution in [0.15, 0.2) is 42.5 Å². The van der Waals surface area contributed by atoms with Gasteiger partial charge in [-0.15, -0.1) is 0 Å². The van der Waals surface area contributed by atoms with Crippen LogP contribution in [0.25, 0.3) is 0 Å². The molecular weight excluding hydrogens is 400 g/mol. The van der Waals surface area contributed by atoms with Gasteiger partial charge in [0, 0.05) is 12.6 Å². The highest BCUT2D eigenvalue weighted by atomic mass is 16.5. The lowest BCUT2D eigenvalue weighted by Crippen LogP contribution is -2.51. The molecule has 2 amide bonds. The molecule has 0 aromatic heterocycles. The minimum atomic E-state index is -0.499. The Morgan fingerprint density at radius 2 is 1.81 bits per heavy atom. The molecule has 172 valence electrons. The first kappa shape index (κ1) is 23.8. The fraction of sp³-hybridized carbons (Fsp3) is 0.481. The second kappa shape index (κ2) is 11.2. The molecule has 5 heteroatoms. The third-order valence-electron chi connectivity index (χ3n) is 6.50. The van der Waals surface area contributed by atoms with Crippen molar-refractivity contribution >= 4 is 11.8 Å². The maximum absolute atomic E-state index is 13.5. The Bertz CT molecular complexity index is 934. The highest BCUT2D eigenvalue weighted by Gasteiger charge is 2.30. The minimum absolute atomic E-state index is 0.0375. The van der Waals surface area contributed by atoms with E-state index in [9.17, 15) is 9.59 Å². The van der Waals surface area contributed by atoms with Crippen LogP contribution in [0.2, 0.25) is 0 Å². The Morgan fingerprint density at radius 1 is 1.06 bits per heavy atom. The van der Waals surface area contributed by atoms with Crippen molar-refractivity contribution < 1.29 is 14.3 Å². The Balaban J connectivity index is 1.84. The van der Waals surface area contributed by atoms with Crippen LogP contribution in [0.4, 0.5) is 0 Å². The number of ether oxygens (including phenoxy) is 1. The van der Waals surface area contributed by atoms with Gasteiger partial charge in [0.05, 0.1) is 13.5 Å². The monoisotopic (exact) mass is 436 g/mol. The number of carbonyl (C=O) groups excluding carboxylic acids is 2. The van der Waals surface area contributed by atoms with Crippen molar-refractivity contribution in [1.82, 2.24) is 10.2 Å². The number of aryl methyl sites for hydroxylation is 2. The van der Waals surface area contributed by atoms with Crippen LogP contribution in [-0.2, 0) is 22.6 Å². The lowest BCUT2D eigenvalue weighted by molar-refractivity contribution is -0.141. The van der Waals surface area contributed by atoms with Gasteiger partial charge in [0.15, 0.2) is 0 Å². The zero-order valence-corrected chi connectivity index (χ0v) is 19.8. The second-order valence-corrected chi connectivity index (χ2v) is 8.88. The summed E-state index contributed by atoms with van der Waals surface area (Å²) in [5, 5.41) is 3.20. The molecule has 1 saturated carbocycles. The third-order valence-corrected chi connectivity index (χ3v) is 6.50. The molecular formula is C27H36N2O3. The van der Waals surface area contributed by atoms with Gasteiger partial charge in [-0.05, 0) is 67.5 Å². The summed E-state index contributed by atoms with van der Waals surface area (Å²) < 4.78 is 5.36. The van der Waals surface area contributed by atoms with E-state index in [1.807, 2.05) is 37.3 Å². The maximum atomic E-state index is 13.5. The van der Waals surface area contributed by atoms with E-state index in [0.717, 1.165) is 42.6 Å². The van der Waals surface area contributed by atoms with E-state index in [0.29, 0.717) is 13.0 Å². The van der Waals surface area contributed by atoms with Crippen molar-refractivity contribution in [3.05, 3.63) is 64.7 Å². The summed E-state index contributed by atoms with van der Waals surface area (Å²) >= 11 is 0. The Labute approximate surface area is 192 Å². The average Bonchev–Trinajstić information content (AvgIpc) is 3.29. The molecule has 0 spiro atoms. The van der Waals surface area contributed by atoms with Crippen molar-refractivity contribution in [3.63, 3.8) is 0 Å². The maximum Gasteiger partial charge on any atom is 0.243 e. The van der Waals surface area contributed by atoms with E-state index in [1.165, 1.54) is 11.1 Å². The van der Waals surface area contributed by atoms with Crippen molar-refractivity contribution in [3.8, 4) is 5.75 Å². The highest BCUT2D eigenvalue weighted by molar-refractivity contribution is 5.88. The lowest BCUT2D eigenvalue weighted by atomic mass is 10.0. The van der Waals surface area contributed by atoms with Gasteiger partial charge in [-0.2, -0.15) is 0 Å². The number of hydrogen-bond acceptors (Lipinski definition) is 3. The van der Waals surface area contributed by atoms with Gasteiger partial charge in [0.2, 0.25) is 11.8 Å². The topological polar surface area (TPSA) is 58.6 Å². The molecule has 1 atom stereocenters. The molecule has 0 aliphatic heterocycles. The summed E-state index contributed by atoms with van der Waals surface area (Å²) in [6.07, 6.45) is 5.20. The zero-order valence-electron chi connectivity index (χ0n) is 19.8. The molecule has 0 bridgehead atoms. The summed E-state index contributed by atoms with van der Waals surface area (Å²) in [4.78, 5) is 28.5. The molecule has 2 aromatic carbocycles. The van der Waals surface area contributed by atoms with Gasteiger partial charge in [-0.3, -0.25) is 9.59 Å². The van der Waals surface area contributed by atoms with Crippen LogP contribution in [0.1, 0.15) is 61.3 Å². The summed E-state index contributed by atoms with van der Waals surface area (Å²) in [5.74, 6) is 0.660. The van der Waals surface area contributed by atoms with Crippen LogP contribution < -0.4 is 10.1 Å². The van der Waals surface area contributed by atoms with E-state index in [1.54, 1.807) is 12.0 Å². The fourth-order valence-corrected chi connectivity index (χ4v) is 4.44. The number of nitrogens with zero attached hydrogens (tertiary/aromatic N) is 1. The van der Waals surface area contributed by atoms with E-state index >= 15 is 0 Å². The molecule has 5 nitrogen and oxygen atoms in total. The molecule has 1 aliphatic rings. The molecule has 1 fully saturated rings. The molecule has 0 heterocycles. The highest BCUT2D eigenvalue weighted by Crippen LogP contribution is 2.21. The number of benzene rings is 2. The Hall–Kier alpha value is -2.82. The van der Waals surface area contributed by atoms with Gasteiger partial charge in [0.1, 0.15) is 11.8 Å². The summed E-state index contributed by atoms with van der Waals surface area (Å²) in [5.41, 5.74) is 4.29. The number of hydrogen-bond donors (Lipinski definition) is 1. The molecule has 32 heavy (non-hydrogen) atoms. The van der Waals surface area contributed by atoms with E-state index in [2.05, 4.69) is 31.3 Å². The standard InChI is InChI=1S/C27H36N2O3/c1-5-25(27(31)28-23-10-6-7-11-23)29(18-22-9-8-12-24(16-22)32-4)26(30)17-21-14-13-19(2)20(3)15-21/h8-9,12-16,23,25H,5-7,10-11,17-18H2,1-4H3,(H,28,31). The predicted octanol–water partition coefficient (Wildman–Crippen LogP) is 4.72. The van der Waals surface area contributed by atoms with Gasteiger partial charge in [-0.1, -0.05) is 50.1 Å². The third kappa shape index (κ3) is 6.12. The summed E-state index contributed by atoms with van der Waals surface area (Å²) in [7, 11) is 1.63. The molecule has 1 unspecified atom stereocenters. The Morgan fingerprint density at radius 3 is 2.47 bits per heavy atom. The predicted molar refractivity (Wildman–Crippen MR) is 128 cm³/mol. The smallest absolute Gasteiger partial charge is 0.243 e. The number of methoxy groups -OCH3 is 1. The van der Waals surface area contributed by atoms with E-state index in [4.69, 9.17) is 4.74 Å². The van der Waals surface area contributed by atoms with Crippen molar-refractivity contribution in [2.75, 3.05) is 7.11 Å². The number of nitrogens with one attached hydrogen (secondary N) is 1. The Kier molecular flexibility index (Phi) is 8.32. The SMILES string of the molecule is CCC(C(=O)NC1CCCC1)N(Cc1cccc(OC)c1)C(=O)Cc1ccc(C)c(C)c1. The van der Waals surface area contributed by atoms with Gasteiger partial charge in [-0.25, -0.2) is 0 Å². The second-order valence-electron chi connectivity index (χ2n) is 8.88. The normalized spacial score (nSPS) is 14.8. The first-order valence-corrected chi connectivity index (χ1v) is 11.7. The van der Waals surface area contributed by atoms with Crippen LogP contribution in [-0.4, -0.2) is 35.9 Å². The van der Waals surface area contributed by atoms with E-state index < -0.39 is 6.04 Å². The number of carbonyl (C=O) groups is 2. The minimum Gasteiger partial charge on any atom is -0.497 e. The quantitative estimate of drug-likeness (QED) is 0.619. The van der Waals surface area contributed by atoms with E-state index in [-0.39, 0.29) is 24.3 Å². The lowest BCUT2D eigenvalue weighted by Gasteiger charge is -2.31. The van der Waals surface area contributed by atoms with Crippen LogP contribution in [0.3, 0.4) is 0 Å². The fourth-order valence-electron chi connectivity index (χ4n) is 4.44. The molecule has 1 N–H and O–H groups in total. The van der Waals surface area contributed by atoms with Crippen LogP contribution in [0, 0.1) is 13.8 Å². The average molecular weight is 437 g/mol. The largest absolute Gasteiger partial charge is 0.497 e. The summed E-state index contributed by atoms with van der Waals surface area (Å²) in [6, 6.07) is 13.5. The van der Waals surface area contributed by atoms with Crippen LogP contribution >= 0.6 is 0 Å². The number of amides is 2. The molecule has 1 aliphatic carbocycles. The summed E-state index contributed by atoms with van der Waals surface area (Å²) in [6.45, 7) is 6.47. The van der Waals surface area contributed by atoms with Crippen LogP contribution in [0.5, 0.6) is 5.75 Å². The molecule has 2 aromatic rings. The van der Waals surface area contributed by atoms with Gasteiger partial charge in [0.25, 0.3) is 0 Å². The first-order chi connectivity index (χ1) is 15.4. The zero-order chi connectivity index (χ0) is 23.1. The molecule has 0 radical (unpaired) electrons. The first-order valence-electron chi connectivity index (χ1n) is 11.7. The molecule has 3 rings (SSSR count). The van der Waals surface area contributed by atoms with Crippen molar-refractivity contribution in [2.24, 2.45) is 0 Å².